The number of piperidine rings is 1. The van der Waals surface area contributed by atoms with Gasteiger partial charge in [0.25, 0.3) is 0 Å². The van der Waals surface area contributed by atoms with Gasteiger partial charge in [0, 0.05) is 24.7 Å². The number of hydrogen-bond acceptors (Lipinski definition) is 4. The van der Waals surface area contributed by atoms with E-state index in [-0.39, 0.29) is 12.1 Å². The highest BCUT2D eigenvalue weighted by atomic mass is 16.6. The monoisotopic (exact) mass is 299 g/mol. The quantitative estimate of drug-likeness (QED) is 0.732. The van der Waals surface area contributed by atoms with Crippen molar-refractivity contribution in [3.8, 4) is 0 Å². The Kier molecular flexibility index (Phi) is 5.99. The molecule has 0 aromatic rings. The zero-order valence-corrected chi connectivity index (χ0v) is 13.2. The van der Waals surface area contributed by atoms with E-state index in [4.69, 9.17) is 4.74 Å². The molecule has 1 aliphatic heterocycles. The summed E-state index contributed by atoms with van der Waals surface area (Å²) in [4.78, 5) is 36.6. The molecule has 0 aliphatic carbocycles. The second-order valence-electron chi connectivity index (χ2n) is 6.14. The van der Waals surface area contributed by atoms with Crippen molar-refractivity contribution < 1.29 is 19.1 Å². The van der Waals surface area contributed by atoms with E-state index in [9.17, 15) is 14.4 Å². The van der Waals surface area contributed by atoms with E-state index in [1.165, 1.54) is 0 Å². The molecular weight excluding hydrogens is 274 g/mol. The van der Waals surface area contributed by atoms with Crippen molar-refractivity contribution in [2.45, 2.75) is 52.1 Å². The minimum absolute atomic E-state index is 0.0890. The molecule has 1 aliphatic rings. The number of likely N-dealkylation sites (tertiary alicyclic amines) is 1. The van der Waals surface area contributed by atoms with Crippen LogP contribution in [-0.2, 0) is 14.3 Å². The van der Waals surface area contributed by atoms with Crippen LogP contribution in [0, 0.1) is 0 Å². The normalized spacial score (nSPS) is 16.3. The first-order chi connectivity index (χ1) is 9.73. The van der Waals surface area contributed by atoms with Crippen LogP contribution in [0.4, 0.5) is 4.79 Å². The fraction of sp³-hybridized carbons (Fsp3) is 0.786. The summed E-state index contributed by atoms with van der Waals surface area (Å²) < 4.78 is 4.93. The van der Waals surface area contributed by atoms with Gasteiger partial charge in [0.05, 0.1) is 6.61 Å². The second-order valence-corrected chi connectivity index (χ2v) is 6.14. The lowest BCUT2D eigenvalue weighted by Gasteiger charge is -2.31. The van der Waals surface area contributed by atoms with Gasteiger partial charge in [0.1, 0.15) is 0 Å². The minimum Gasteiger partial charge on any atom is -0.450 e. The highest BCUT2D eigenvalue weighted by molar-refractivity contribution is 6.35. The van der Waals surface area contributed by atoms with Gasteiger partial charge in [-0.2, -0.15) is 0 Å². The van der Waals surface area contributed by atoms with E-state index in [0.29, 0.717) is 32.5 Å². The predicted molar refractivity (Wildman–Crippen MR) is 77.7 cm³/mol. The summed E-state index contributed by atoms with van der Waals surface area (Å²) in [7, 11) is 0. The van der Waals surface area contributed by atoms with Gasteiger partial charge in [0.2, 0.25) is 0 Å². The number of carbonyl (C=O) groups excluding carboxylic acids is 3. The number of hydrogen-bond donors (Lipinski definition) is 2. The molecule has 21 heavy (non-hydrogen) atoms. The number of nitrogens with zero attached hydrogens (tertiary/aromatic N) is 1. The maximum Gasteiger partial charge on any atom is 0.409 e. The van der Waals surface area contributed by atoms with E-state index in [0.717, 1.165) is 0 Å². The maximum absolute atomic E-state index is 11.8. The van der Waals surface area contributed by atoms with E-state index < -0.39 is 17.4 Å². The van der Waals surface area contributed by atoms with Gasteiger partial charge in [-0.05, 0) is 40.5 Å². The van der Waals surface area contributed by atoms with Crippen LogP contribution in [0.25, 0.3) is 0 Å². The molecule has 0 bridgehead atoms. The predicted octanol–water partition coefficient (Wildman–Crippen LogP) is 0.638. The van der Waals surface area contributed by atoms with Gasteiger partial charge in [-0.1, -0.05) is 0 Å². The van der Waals surface area contributed by atoms with E-state index in [1.807, 2.05) is 20.8 Å². The van der Waals surface area contributed by atoms with Crippen LogP contribution in [-0.4, -0.2) is 54.1 Å². The van der Waals surface area contributed by atoms with Crippen molar-refractivity contribution in [1.29, 1.82) is 0 Å². The Labute approximate surface area is 125 Å². The molecule has 7 nitrogen and oxygen atoms in total. The highest BCUT2D eigenvalue weighted by Crippen LogP contribution is 2.11. The van der Waals surface area contributed by atoms with Crippen LogP contribution in [0.3, 0.4) is 0 Å². The number of carbonyl (C=O) groups is 3. The van der Waals surface area contributed by atoms with Crippen LogP contribution in [0.15, 0.2) is 0 Å². The van der Waals surface area contributed by atoms with Crippen molar-refractivity contribution >= 4 is 17.9 Å². The third-order valence-electron chi connectivity index (χ3n) is 3.05. The van der Waals surface area contributed by atoms with Crippen LogP contribution in [0.2, 0.25) is 0 Å². The average Bonchev–Trinajstić information content (AvgIpc) is 2.37. The Bertz CT molecular complexity index is 396. The number of ether oxygens (including phenoxy) is 1. The Morgan fingerprint density at radius 1 is 1.14 bits per heavy atom. The maximum atomic E-state index is 11.8. The lowest BCUT2D eigenvalue weighted by atomic mass is 10.1. The standard InChI is InChI=1S/C14H25N3O4/c1-5-21-13(20)17-8-6-10(7-9-17)15-11(18)12(19)16-14(2,3)4/h10H,5-9H2,1-4H3,(H,15,18)(H,16,19). The van der Waals surface area contributed by atoms with Gasteiger partial charge in [-0.25, -0.2) is 4.79 Å². The first kappa shape index (κ1) is 17.3. The molecule has 0 aromatic carbocycles. The molecule has 120 valence electrons. The second kappa shape index (κ2) is 7.28. The zero-order chi connectivity index (χ0) is 16.0. The fourth-order valence-electron chi connectivity index (χ4n) is 2.07. The summed E-state index contributed by atoms with van der Waals surface area (Å²) in [6, 6.07) is -0.0890. The van der Waals surface area contributed by atoms with Crippen LogP contribution in [0.5, 0.6) is 0 Å². The first-order valence-electron chi connectivity index (χ1n) is 7.27. The lowest BCUT2D eigenvalue weighted by molar-refractivity contribution is -0.140. The fourth-order valence-corrected chi connectivity index (χ4v) is 2.07. The molecule has 1 fully saturated rings. The van der Waals surface area contributed by atoms with Crippen LogP contribution in [0.1, 0.15) is 40.5 Å². The molecule has 2 N–H and O–H groups in total. The van der Waals surface area contributed by atoms with E-state index in [1.54, 1.807) is 11.8 Å². The molecule has 0 radical (unpaired) electrons. The Morgan fingerprint density at radius 2 is 1.71 bits per heavy atom. The molecule has 0 unspecified atom stereocenters. The lowest BCUT2D eigenvalue weighted by Crippen LogP contribution is -2.52. The van der Waals surface area contributed by atoms with Crippen molar-refractivity contribution in [3.05, 3.63) is 0 Å². The van der Waals surface area contributed by atoms with Crippen molar-refractivity contribution in [2.75, 3.05) is 19.7 Å². The van der Waals surface area contributed by atoms with Gasteiger partial charge < -0.3 is 20.3 Å². The smallest absolute Gasteiger partial charge is 0.409 e. The Hall–Kier alpha value is -1.79. The molecule has 3 amide bonds. The topological polar surface area (TPSA) is 87.7 Å². The van der Waals surface area contributed by atoms with E-state index >= 15 is 0 Å². The average molecular weight is 299 g/mol. The molecular formula is C14H25N3O4. The Morgan fingerprint density at radius 3 is 2.19 bits per heavy atom. The summed E-state index contributed by atoms with van der Waals surface area (Å²) in [6.07, 6.45) is 0.911. The van der Waals surface area contributed by atoms with Crippen molar-refractivity contribution in [2.24, 2.45) is 0 Å². The summed E-state index contributed by atoms with van der Waals surface area (Å²) >= 11 is 0. The third kappa shape index (κ3) is 6.01. The molecule has 0 saturated carbocycles. The number of nitrogens with one attached hydrogen (secondary N) is 2. The molecule has 1 saturated heterocycles. The molecule has 0 aromatic heterocycles. The van der Waals surface area contributed by atoms with Gasteiger partial charge >= 0.3 is 17.9 Å². The van der Waals surface area contributed by atoms with Crippen molar-refractivity contribution in [3.63, 3.8) is 0 Å². The van der Waals surface area contributed by atoms with Gasteiger partial charge in [0.15, 0.2) is 0 Å². The van der Waals surface area contributed by atoms with E-state index in [2.05, 4.69) is 10.6 Å². The van der Waals surface area contributed by atoms with Gasteiger partial charge in [-0.3, -0.25) is 9.59 Å². The summed E-state index contributed by atoms with van der Waals surface area (Å²) in [5, 5.41) is 5.32. The summed E-state index contributed by atoms with van der Waals surface area (Å²) in [5.74, 6) is -1.25. The summed E-state index contributed by atoms with van der Waals surface area (Å²) in [6.45, 7) is 8.60. The van der Waals surface area contributed by atoms with Crippen LogP contribution >= 0.6 is 0 Å². The largest absolute Gasteiger partial charge is 0.450 e. The molecule has 0 spiro atoms. The highest BCUT2D eigenvalue weighted by Gasteiger charge is 2.27. The number of amides is 3. The summed E-state index contributed by atoms with van der Waals surface area (Å²) in [5.41, 5.74) is -0.443. The van der Waals surface area contributed by atoms with Crippen molar-refractivity contribution in [1.82, 2.24) is 15.5 Å². The number of rotatable bonds is 2. The third-order valence-corrected chi connectivity index (χ3v) is 3.05. The Balaban J connectivity index is 2.37. The molecule has 1 heterocycles. The van der Waals surface area contributed by atoms with Gasteiger partial charge in [-0.15, -0.1) is 0 Å². The van der Waals surface area contributed by atoms with Crippen LogP contribution < -0.4 is 10.6 Å². The molecule has 1 rings (SSSR count). The molecule has 0 atom stereocenters. The minimum atomic E-state index is -0.629. The molecule has 7 heteroatoms. The first-order valence-corrected chi connectivity index (χ1v) is 7.27. The SMILES string of the molecule is CCOC(=O)N1CCC(NC(=O)C(=O)NC(C)(C)C)CC1. The zero-order valence-electron chi connectivity index (χ0n) is 13.2.